The molecule has 1 unspecified atom stereocenters. The van der Waals surface area contributed by atoms with Gasteiger partial charge in [-0.3, -0.25) is 4.90 Å². The number of nitrogens with zero attached hydrogens (tertiary/aromatic N) is 1. The van der Waals surface area contributed by atoms with Crippen molar-refractivity contribution in [2.24, 2.45) is 0 Å². The molecule has 1 N–H and O–H groups in total. The minimum atomic E-state index is 0. The highest BCUT2D eigenvalue weighted by atomic mass is 35.5. The molecule has 0 saturated carbocycles. The molecule has 2 nitrogen and oxygen atoms in total. The van der Waals surface area contributed by atoms with E-state index in [4.69, 9.17) is 0 Å². The smallest absolute Gasteiger partial charge is 0.0654 e. The highest BCUT2D eigenvalue weighted by Crippen LogP contribution is 2.39. The first-order chi connectivity index (χ1) is 6.81. The Hall–Kier alpha value is -0.0900. The van der Waals surface area contributed by atoms with Crippen molar-refractivity contribution in [3.8, 4) is 0 Å². The summed E-state index contributed by atoms with van der Waals surface area (Å²) in [6, 6.07) is 2.30. The maximum absolute atomic E-state index is 3.52. The molecule has 84 valence electrons. The second kappa shape index (κ2) is 4.06. The Morgan fingerprint density at radius 2 is 2.33 bits per heavy atom. The number of thiophene rings is 1. The van der Waals surface area contributed by atoms with Gasteiger partial charge >= 0.3 is 0 Å². The van der Waals surface area contributed by atoms with Crippen molar-refractivity contribution in [2.75, 3.05) is 26.2 Å². The lowest BCUT2D eigenvalue weighted by molar-refractivity contribution is 0.0666. The van der Waals surface area contributed by atoms with Gasteiger partial charge in [0.25, 0.3) is 0 Å². The molecular weight excluding hydrogens is 228 g/mol. The number of piperazine rings is 1. The minimum absolute atomic E-state index is 0. The van der Waals surface area contributed by atoms with Gasteiger partial charge in [-0.25, -0.2) is 0 Å². The molecule has 0 spiro atoms. The van der Waals surface area contributed by atoms with E-state index in [1.54, 1.807) is 10.4 Å². The fourth-order valence-corrected chi connectivity index (χ4v) is 3.89. The minimum Gasteiger partial charge on any atom is -0.313 e. The molecule has 2 aliphatic rings. The van der Waals surface area contributed by atoms with Crippen molar-refractivity contribution >= 4 is 23.7 Å². The first-order valence-electron chi connectivity index (χ1n) is 5.33. The van der Waals surface area contributed by atoms with Crippen LogP contribution in [0.15, 0.2) is 11.4 Å². The number of nitrogens with one attached hydrogen (secondary N) is 1. The van der Waals surface area contributed by atoms with Crippen LogP contribution in [0.5, 0.6) is 0 Å². The van der Waals surface area contributed by atoms with Crippen LogP contribution in [0.25, 0.3) is 0 Å². The molecule has 0 bridgehead atoms. The largest absolute Gasteiger partial charge is 0.313 e. The van der Waals surface area contributed by atoms with Gasteiger partial charge in [-0.05, 0) is 30.4 Å². The Kier molecular flexibility index (Phi) is 3.08. The molecule has 0 aromatic carbocycles. The average Bonchev–Trinajstić information content (AvgIpc) is 2.66. The van der Waals surface area contributed by atoms with Crippen LogP contribution >= 0.6 is 23.7 Å². The fraction of sp³-hybridized carbons (Fsp3) is 0.636. The second-order valence-corrected chi connectivity index (χ2v) is 5.38. The molecule has 1 fully saturated rings. The average molecular weight is 245 g/mol. The number of hydrogen-bond donors (Lipinski definition) is 1. The van der Waals surface area contributed by atoms with E-state index in [0.717, 1.165) is 13.1 Å². The molecule has 1 saturated heterocycles. The van der Waals surface area contributed by atoms with Crippen LogP contribution in [-0.2, 0) is 12.0 Å². The summed E-state index contributed by atoms with van der Waals surface area (Å²) in [5, 5.41) is 5.76. The van der Waals surface area contributed by atoms with Gasteiger partial charge in [0, 0.05) is 31.1 Å². The fourth-order valence-electron chi connectivity index (χ4n) is 2.75. The maximum atomic E-state index is 3.52. The lowest BCUT2D eigenvalue weighted by atomic mass is 9.87. The Morgan fingerprint density at radius 3 is 3.20 bits per heavy atom. The van der Waals surface area contributed by atoms with Gasteiger partial charge in [0.05, 0.1) is 5.54 Å². The Balaban J connectivity index is 0.000000853. The van der Waals surface area contributed by atoms with Crippen molar-refractivity contribution < 1.29 is 0 Å². The first-order valence-corrected chi connectivity index (χ1v) is 6.21. The summed E-state index contributed by atoms with van der Waals surface area (Å²) in [7, 11) is 0. The van der Waals surface area contributed by atoms with Gasteiger partial charge in [0.2, 0.25) is 0 Å². The second-order valence-electron chi connectivity index (χ2n) is 4.46. The summed E-state index contributed by atoms with van der Waals surface area (Å²) in [6.45, 7) is 7.08. The molecule has 4 heteroatoms. The van der Waals surface area contributed by atoms with Crippen LogP contribution in [0.3, 0.4) is 0 Å². The normalized spacial score (nSPS) is 30.2. The molecule has 0 aliphatic carbocycles. The zero-order chi connectivity index (χ0) is 9.60. The van der Waals surface area contributed by atoms with Crippen LogP contribution in [0, 0.1) is 0 Å². The molecule has 0 amide bonds. The summed E-state index contributed by atoms with van der Waals surface area (Å²) in [5.74, 6) is 0. The third-order valence-corrected chi connectivity index (χ3v) is 4.82. The molecule has 1 aromatic rings. The van der Waals surface area contributed by atoms with Gasteiger partial charge in [0.15, 0.2) is 0 Å². The topological polar surface area (TPSA) is 15.3 Å². The molecular formula is C11H17ClN2S. The van der Waals surface area contributed by atoms with E-state index in [1.165, 1.54) is 19.5 Å². The number of fused-ring (bicyclic) bond motifs is 3. The van der Waals surface area contributed by atoms with E-state index in [2.05, 4.69) is 28.6 Å². The van der Waals surface area contributed by atoms with Crippen molar-refractivity contribution in [1.82, 2.24) is 10.2 Å². The van der Waals surface area contributed by atoms with E-state index < -0.39 is 0 Å². The summed E-state index contributed by atoms with van der Waals surface area (Å²) in [4.78, 5) is 4.23. The lowest BCUT2D eigenvalue weighted by Gasteiger charge is -2.48. The Labute approximate surface area is 101 Å². The third-order valence-electron chi connectivity index (χ3n) is 3.61. The summed E-state index contributed by atoms with van der Waals surface area (Å²) < 4.78 is 0. The van der Waals surface area contributed by atoms with Crippen LogP contribution < -0.4 is 5.32 Å². The van der Waals surface area contributed by atoms with E-state index in [0.29, 0.717) is 0 Å². The van der Waals surface area contributed by atoms with Crippen molar-refractivity contribution in [2.45, 2.75) is 18.9 Å². The van der Waals surface area contributed by atoms with Crippen LogP contribution in [0.1, 0.15) is 17.4 Å². The maximum Gasteiger partial charge on any atom is 0.0654 e. The van der Waals surface area contributed by atoms with Crippen LogP contribution in [0.4, 0.5) is 0 Å². The van der Waals surface area contributed by atoms with E-state index in [9.17, 15) is 0 Å². The van der Waals surface area contributed by atoms with Gasteiger partial charge in [-0.2, -0.15) is 0 Å². The summed E-state index contributed by atoms with van der Waals surface area (Å²) in [6.07, 6.45) is 1.24. The molecule has 3 heterocycles. The molecule has 0 radical (unpaired) electrons. The molecule has 1 atom stereocenters. The SMILES string of the molecule is CC12CNCCN1CCc1ccsc12.Cl. The first kappa shape index (κ1) is 11.4. The van der Waals surface area contributed by atoms with Crippen molar-refractivity contribution in [3.63, 3.8) is 0 Å². The highest BCUT2D eigenvalue weighted by molar-refractivity contribution is 7.10. The Morgan fingerprint density at radius 1 is 1.47 bits per heavy atom. The molecule has 1 aromatic heterocycles. The monoisotopic (exact) mass is 244 g/mol. The quantitative estimate of drug-likeness (QED) is 0.750. The van der Waals surface area contributed by atoms with E-state index >= 15 is 0 Å². The highest BCUT2D eigenvalue weighted by Gasteiger charge is 2.40. The van der Waals surface area contributed by atoms with Crippen molar-refractivity contribution in [1.29, 1.82) is 0 Å². The molecule has 3 rings (SSSR count). The lowest BCUT2D eigenvalue weighted by Crippen LogP contribution is -2.59. The van der Waals surface area contributed by atoms with Crippen LogP contribution in [0.2, 0.25) is 0 Å². The van der Waals surface area contributed by atoms with Gasteiger partial charge in [-0.15, -0.1) is 23.7 Å². The number of rotatable bonds is 0. The summed E-state index contributed by atoms with van der Waals surface area (Å²) in [5.41, 5.74) is 1.86. The predicted octanol–water partition coefficient (Wildman–Crippen LogP) is 1.85. The van der Waals surface area contributed by atoms with Crippen LogP contribution in [-0.4, -0.2) is 31.1 Å². The van der Waals surface area contributed by atoms with E-state index in [1.807, 2.05) is 11.3 Å². The zero-order valence-corrected chi connectivity index (χ0v) is 10.6. The van der Waals surface area contributed by atoms with Gasteiger partial charge in [0.1, 0.15) is 0 Å². The standard InChI is InChI=1S/C11H16N2S.ClH/c1-11-8-12-4-6-13(11)5-2-9-3-7-14-10(9)11;/h3,7,12H,2,4-6,8H2,1H3;1H. The zero-order valence-electron chi connectivity index (χ0n) is 8.95. The van der Waals surface area contributed by atoms with Crippen molar-refractivity contribution in [3.05, 3.63) is 21.9 Å². The summed E-state index contributed by atoms with van der Waals surface area (Å²) >= 11 is 1.93. The molecule has 15 heavy (non-hydrogen) atoms. The third kappa shape index (κ3) is 1.62. The predicted molar refractivity (Wildman–Crippen MR) is 67.1 cm³/mol. The van der Waals surface area contributed by atoms with Gasteiger partial charge < -0.3 is 5.32 Å². The number of halogens is 1. The Bertz CT molecular complexity index is 352. The number of hydrogen-bond acceptors (Lipinski definition) is 3. The van der Waals surface area contributed by atoms with E-state index in [-0.39, 0.29) is 17.9 Å². The molecule has 2 aliphatic heterocycles. The van der Waals surface area contributed by atoms with Gasteiger partial charge in [-0.1, -0.05) is 0 Å².